The van der Waals surface area contributed by atoms with Crippen LogP contribution in [0.4, 0.5) is 0 Å². The number of rotatable bonds is 3. The second kappa shape index (κ2) is 4.72. The van der Waals surface area contributed by atoms with Crippen LogP contribution in [0.5, 0.6) is 0 Å². The van der Waals surface area contributed by atoms with Gasteiger partial charge in [0, 0.05) is 12.0 Å². The van der Waals surface area contributed by atoms with E-state index in [2.05, 4.69) is 16.7 Å². The molecular formula is C17H18N2O2. The second-order valence-electron chi connectivity index (χ2n) is 6.05. The molecule has 1 saturated carbocycles. The first-order valence-electron chi connectivity index (χ1n) is 7.60. The third-order valence-corrected chi connectivity index (χ3v) is 4.62. The number of carboxylic acids is 1. The molecule has 1 N–H and O–H groups in total. The molecule has 0 unspecified atom stereocenters. The highest BCUT2D eigenvalue weighted by molar-refractivity contribution is 5.77. The zero-order valence-corrected chi connectivity index (χ0v) is 11.8. The van der Waals surface area contributed by atoms with Gasteiger partial charge in [-0.15, -0.1) is 0 Å². The molecule has 0 amide bonds. The van der Waals surface area contributed by atoms with Crippen molar-refractivity contribution in [3.8, 4) is 0 Å². The van der Waals surface area contributed by atoms with Crippen LogP contribution in [0, 0.1) is 5.92 Å². The predicted molar refractivity (Wildman–Crippen MR) is 80.2 cm³/mol. The Morgan fingerprint density at radius 3 is 2.71 bits per heavy atom. The number of carboxylic acid groups (broad SMARTS) is 1. The topological polar surface area (TPSA) is 55.1 Å². The number of hydrogen-bond donors (Lipinski definition) is 1. The summed E-state index contributed by atoms with van der Waals surface area (Å²) in [5, 5.41) is 9.52. The van der Waals surface area contributed by atoms with Crippen LogP contribution in [-0.2, 0) is 4.79 Å². The molecule has 4 rings (SSSR count). The van der Waals surface area contributed by atoms with Crippen molar-refractivity contribution < 1.29 is 9.90 Å². The summed E-state index contributed by atoms with van der Waals surface area (Å²) in [7, 11) is 0. The Morgan fingerprint density at radius 2 is 1.95 bits per heavy atom. The summed E-state index contributed by atoms with van der Waals surface area (Å²) in [4.78, 5) is 16.4. The summed E-state index contributed by atoms with van der Waals surface area (Å²) in [6, 6.07) is 8.64. The van der Waals surface area contributed by atoms with Gasteiger partial charge in [0.2, 0.25) is 0 Å². The standard InChI is InChI=1S/C17H18N2O2/c20-17(21)13-6-2-1-5-12(13)16-18-14-7-3-4-8-15(14)19(16)11-9-10-11/h1-4,7-8,11-13H,5-6,9-10H2,(H,20,21)/t12-,13+/m1/s1. The summed E-state index contributed by atoms with van der Waals surface area (Å²) < 4.78 is 2.30. The van der Waals surface area contributed by atoms with Gasteiger partial charge in [0.25, 0.3) is 0 Å². The van der Waals surface area contributed by atoms with E-state index < -0.39 is 5.97 Å². The Morgan fingerprint density at radius 1 is 1.19 bits per heavy atom. The van der Waals surface area contributed by atoms with Crippen LogP contribution >= 0.6 is 0 Å². The minimum Gasteiger partial charge on any atom is -0.481 e. The monoisotopic (exact) mass is 282 g/mol. The van der Waals surface area contributed by atoms with Gasteiger partial charge in [-0.3, -0.25) is 4.79 Å². The first-order chi connectivity index (χ1) is 10.3. The van der Waals surface area contributed by atoms with E-state index in [0.717, 1.165) is 23.3 Å². The van der Waals surface area contributed by atoms with Crippen LogP contribution in [0.3, 0.4) is 0 Å². The maximum absolute atomic E-state index is 11.6. The quantitative estimate of drug-likeness (QED) is 0.876. The van der Waals surface area contributed by atoms with Crippen molar-refractivity contribution >= 4 is 17.0 Å². The number of imidazole rings is 1. The molecule has 2 aliphatic rings. The maximum Gasteiger partial charge on any atom is 0.307 e. The third-order valence-electron chi connectivity index (χ3n) is 4.62. The number of aliphatic carboxylic acids is 1. The molecule has 1 aromatic carbocycles. The number of aromatic nitrogens is 2. The Balaban J connectivity index is 1.87. The van der Waals surface area contributed by atoms with Crippen molar-refractivity contribution in [2.45, 2.75) is 37.6 Å². The van der Waals surface area contributed by atoms with Gasteiger partial charge in [0.05, 0.1) is 17.0 Å². The summed E-state index contributed by atoms with van der Waals surface area (Å²) in [5.41, 5.74) is 2.13. The van der Waals surface area contributed by atoms with Crippen molar-refractivity contribution in [3.63, 3.8) is 0 Å². The molecule has 0 spiro atoms. The van der Waals surface area contributed by atoms with E-state index in [-0.39, 0.29) is 11.8 Å². The zero-order valence-electron chi connectivity index (χ0n) is 11.8. The minimum atomic E-state index is -0.709. The van der Waals surface area contributed by atoms with E-state index in [1.165, 1.54) is 12.8 Å². The lowest BCUT2D eigenvalue weighted by Gasteiger charge is -2.25. The van der Waals surface area contributed by atoms with Crippen molar-refractivity contribution in [3.05, 3.63) is 42.2 Å². The van der Waals surface area contributed by atoms with Crippen LogP contribution in [0.2, 0.25) is 0 Å². The lowest BCUT2D eigenvalue weighted by molar-refractivity contribution is -0.142. The van der Waals surface area contributed by atoms with E-state index in [4.69, 9.17) is 4.98 Å². The molecule has 1 aromatic heterocycles. The fourth-order valence-electron chi connectivity index (χ4n) is 3.41. The Hall–Kier alpha value is -2.10. The first kappa shape index (κ1) is 12.6. The molecule has 4 nitrogen and oxygen atoms in total. The summed E-state index contributed by atoms with van der Waals surface area (Å²) in [6.07, 6.45) is 7.81. The van der Waals surface area contributed by atoms with Crippen LogP contribution in [0.15, 0.2) is 36.4 Å². The average molecular weight is 282 g/mol. The Bertz CT molecular complexity index is 727. The SMILES string of the molecule is O=C(O)[C@H]1CC=CC[C@H]1c1nc2ccccc2n1C1CC1. The van der Waals surface area contributed by atoms with Gasteiger partial charge < -0.3 is 9.67 Å². The van der Waals surface area contributed by atoms with Gasteiger partial charge in [-0.2, -0.15) is 0 Å². The van der Waals surface area contributed by atoms with Gasteiger partial charge in [-0.05, 0) is 37.8 Å². The number of nitrogens with zero attached hydrogens (tertiary/aromatic N) is 2. The van der Waals surface area contributed by atoms with E-state index in [9.17, 15) is 9.90 Å². The molecule has 0 radical (unpaired) electrons. The van der Waals surface area contributed by atoms with Crippen molar-refractivity contribution in [1.29, 1.82) is 0 Å². The molecule has 108 valence electrons. The Kier molecular flexibility index (Phi) is 2.84. The molecule has 4 heteroatoms. The number of benzene rings is 1. The summed E-state index contributed by atoms with van der Waals surface area (Å²) >= 11 is 0. The van der Waals surface area contributed by atoms with Gasteiger partial charge in [0.15, 0.2) is 0 Å². The number of para-hydroxylation sites is 2. The number of carbonyl (C=O) groups is 1. The number of fused-ring (bicyclic) bond motifs is 1. The molecule has 0 bridgehead atoms. The third kappa shape index (κ3) is 2.06. The highest BCUT2D eigenvalue weighted by Gasteiger charge is 2.36. The van der Waals surface area contributed by atoms with Gasteiger partial charge in [-0.25, -0.2) is 4.98 Å². The van der Waals surface area contributed by atoms with Crippen molar-refractivity contribution in [2.24, 2.45) is 5.92 Å². The number of hydrogen-bond acceptors (Lipinski definition) is 2. The molecule has 2 aliphatic carbocycles. The van der Waals surface area contributed by atoms with Crippen LogP contribution in [-0.4, -0.2) is 20.6 Å². The fourth-order valence-corrected chi connectivity index (χ4v) is 3.41. The van der Waals surface area contributed by atoms with E-state index in [0.29, 0.717) is 12.5 Å². The zero-order chi connectivity index (χ0) is 14.4. The van der Waals surface area contributed by atoms with E-state index in [1.54, 1.807) is 0 Å². The normalized spacial score (nSPS) is 25.3. The van der Waals surface area contributed by atoms with E-state index in [1.807, 2.05) is 24.3 Å². The number of allylic oxidation sites excluding steroid dienone is 2. The van der Waals surface area contributed by atoms with Crippen molar-refractivity contribution in [2.75, 3.05) is 0 Å². The second-order valence-corrected chi connectivity index (χ2v) is 6.05. The molecule has 2 aromatic rings. The Labute approximate surface area is 123 Å². The van der Waals surface area contributed by atoms with Gasteiger partial charge in [0.1, 0.15) is 5.82 Å². The fraction of sp³-hybridized carbons (Fsp3) is 0.412. The summed E-state index contributed by atoms with van der Waals surface area (Å²) in [5.74, 6) is -0.112. The van der Waals surface area contributed by atoms with E-state index >= 15 is 0 Å². The van der Waals surface area contributed by atoms with Crippen LogP contribution < -0.4 is 0 Å². The largest absolute Gasteiger partial charge is 0.481 e. The lowest BCUT2D eigenvalue weighted by Crippen LogP contribution is -2.25. The maximum atomic E-state index is 11.6. The highest BCUT2D eigenvalue weighted by atomic mass is 16.4. The summed E-state index contributed by atoms with van der Waals surface area (Å²) in [6.45, 7) is 0. The molecular weight excluding hydrogens is 264 g/mol. The molecule has 2 atom stereocenters. The molecule has 21 heavy (non-hydrogen) atoms. The molecule has 0 saturated heterocycles. The first-order valence-corrected chi connectivity index (χ1v) is 7.60. The highest BCUT2D eigenvalue weighted by Crippen LogP contribution is 2.43. The van der Waals surface area contributed by atoms with Crippen LogP contribution in [0.1, 0.15) is 43.5 Å². The van der Waals surface area contributed by atoms with Gasteiger partial charge >= 0.3 is 5.97 Å². The molecule has 1 fully saturated rings. The minimum absolute atomic E-state index is 0.0134. The lowest BCUT2D eigenvalue weighted by atomic mass is 9.82. The van der Waals surface area contributed by atoms with Gasteiger partial charge in [-0.1, -0.05) is 24.3 Å². The predicted octanol–water partition coefficient (Wildman–Crippen LogP) is 3.51. The average Bonchev–Trinajstić information content (AvgIpc) is 3.27. The van der Waals surface area contributed by atoms with Crippen molar-refractivity contribution in [1.82, 2.24) is 9.55 Å². The smallest absolute Gasteiger partial charge is 0.307 e. The molecule has 1 heterocycles. The van der Waals surface area contributed by atoms with Crippen LogP contribution in [0.25, 0.3) is 11.0 Å². The molecule has 0 aliphatic heterocycles.